The number of carboxylic acid groups (broad SMARTS) is 1. The van der Waals surface area contributed by atoms with Gasteiger partial charge in [-0.25, -0.2) is 9.78 Å². The van der Waals surface area contributed by atoms with E-state index in [1.165, 1.54) is 12.3 Å². The van der Waals surface area contributed by atoms with Crippen LogP contribution in [0.15, 0.2) is 12.3 Å². The second-order valence-corrected chi connectivity index (χ2v) is 4.98. The number of carbonyl (C=O) groups is 1. The van der Waals surface area contributed by atoms with E-state index < -0.39 is 5.97 Å². The van der Waals surface area contributed by atoms with Crippen molar-refractivity contribution in [2.75, 3.05) is 18.5 Å². The molecule has 0 saturated carbocycles. The van der Waals surface area contributed by atoms with E-state index in [9.17, 15) is 9.90 Å². The van der Waals surface area contributed by atoms with Gasteiger partial charge in [0.1, 0.15) is 5.82 Å². The Labute approximate surface area is 117 Å². The fourth-order valence-corrected chi connectivity index (χ4v) is 1.94. The van der Waals surface area contributed by atoms with Gasteiger partial charge in [0.15, 0.2) is 0 Å². The molecule has 106 valence electrons. The van der Waals surface area contributed by atoms with Crippen LogP contribution >= 0.6 is 11.6 Å². The summed E-state index contributed by atoms with van der Waals surface area (Å²) in [5.74, 6) is -0.642. The van der Waals surface area contributed by atoms with Crippen LogP contribution in [0.4, 0.5) is 5.82 Å². The second-order valence-electron chi connectivity index (χ2n) is 4.57. The maximum Gasteiger partial charge on any atom is 0.337 e. The molecule has 0 spiro atoms. The smallest absolute Gasteiger partial charge is 0.337 e. The van der Waals surface area contributed by atoms with Crippen LogP contribution in [0.25, 0.3) is 0 Å². The zero-order valence-electron chi connectivity index (χ0n) is 11.1. The number of nitrogens with zero attached hydrogens (tertiary/aromatic N) is 1. The minimum Gasteiger partial charge on any atom is -0.478 e. The quantitative estimate of drug-likeness (QED) is 0.718. The summed E-state index contributed by atoms with van der Waals surface area (Å²) in [4.78, 5) is 15.0. The Morgan fingerprint density at radius 3 is 2.58 bits per heavy atom. The Bertz CT molecular complexity index is 439. The highest BCUT2D eigenvalue weighted by molar-refractivity contribution is 6.33. The lowest BCUT2D eigenvalue weighted by Gasteiger charge is -2.29. The number of anilines is 1. The lowest BCUT2D eigenvalue weighted by atomic mass is 9.83. The highest BCUT2D eigenvalue weighted by Crippen LogP contribution is 2.26. The van der Waals surface area contributed by atoms with E-state index in [-0.39, 0.29) is 22.6 Å². The third-order valence-electron chi connectivity index (χ3n) is 3.57. The maximum atomic E-state index is 11.0. The molecule has 1 aromatic rings. The number of aromatic carboxylic acids is 1. The summed E-state index contributed by atoms with van der Waals surface area (Å²) < 4.78 is 0. The molecule has 19 heavy (non-hydrogen) atoms. The molecule has 5 nitrogen and oxygen atoms in total. The molecule has 0 saturated heterocycles. The molecule has 0 bridgehead atoms. The van der Waals surface area contributed by atoms with Gasteiger partial charge in [-0.05, 0) is 18.9 Å². The summed E-state index contributed by atoms with van der Waals surface area (Å²) in [6, 6.07) is 1.40. The second kappa shape index (κ2) is 6.73. The van der Waals surface area contributed by atoms with Gasteiger partial charge < -0.3 is 15.5 Å². The van der Waals surface area contributed by atoms with Crippen molar-refractivity contribution in [1.82, 2.24) is 4.98 Å². The van der Waals surface area contributed by atoms with Gasteiger partial charge in [-0.3, -0.25) is 0 Å². The Kier molecular flexibility index (Phi) is 5.57. The van der Waals surface area contributed by atoms with E-state index in [0.29, 0.717) is 12.4 Å². The Morgan fingerprint density at radius 1 is 1.47 bits per heavy atom. The molecule has 0 aliphatic carbocycles. The van der Waals surface area contributed by atoms with E-state index in [0.717, 1.165) is 12.8 Å². The van der Waals surface area contributed by atoms with E-state index in [1.807, 2.05) is 13.8 Å². The molecule has 3 N–H and O–H groups in total. The monoisotopic (exact) mass is 286 g/mol. The van der Waals surface area contributed by atoms with Crippen LogP contribution < -0.4 is 5.32 Å². The number of halogens is 1. The zero-order chi connectivity index (χ0) is 14.5. The fourth-order valence-electron chi connectivity index (χ4n) is 1.76. The van der Waals surface area contributed by atoms with Crippen LogP contribution in [0.2, 0.25) is 5.02 Å². The zero-order valence-corrected chi connectivity index (χ0v) is 11.9. The minimum absolute atomic E-state index is 0.0155. The molecule has 0 fully saturated rings. The molecule has 0 unspecified atom stereocenters. The summed E-state index contributed by atoms with van der Waals surface area (Å²) >= 11 is 5.75. The fraction of sp³-hybridized carbons (Fsp3) is 0.538. The van der Waals surface area contributed by atoms with Crippen molar-refractivity contribution in [3.05, 3.63) is 22.8 Å². The Hall–Kier alpha value is -1.33. The van der Waals surface area contributed by atoms with Gasteiger partial charge in [0.25, 0.3) is 0 Å². The highest BCUT2D eigenvalue weighted by atomic mass is 35.5. The average molecular weight is 287 g/mol. The predicted molar refractivity (Wildman–Crippen MR) is 74.8 cm³/mol. The van der Waals surface area contributed by atoms with Crippen molar-refractivity contribution in [3.63, 3.8) is 0 Å². The number of hydrogen-bond acceptors (Lipinski definition) is 4. The molecule has 0 radical (unpaired) electrons. The number of rotatable bonds is 7. The highest BCUT2D eigenvalue weighted by Gasteiger charge is 2.25. The van der Waals surface area contributed by atoms with Crippen molar-refractivity contribution in [2.24, 2.45) is 5.41 Å². The average Bonchev–Trinajstić information content (AvgIpc) is 2.42. The summed E-state index contributed by atoms with van der Waals surface area (Å²) in [5, 5.41) is 21.6. The van der Waals surface area contributed by atoms with Crippen molar-refractivity contribution < 1.29 is 15.0 Å². The van der Waals surface area contributed by atoms with Crippen LogP contribution in [0.1, 0.15) is 37.0 Å². The molecule has 0 aliphatic heterocycles. The van der Waals surface area contributed by atoms with Crippen molar-refractivity contribution in [1.29, 1.82) is 0 Å². The molecular weight excluding hydrogens is 268 g/mol. The predicted octanol–water partition coefficient (Wildman–Crippen LogP) is 2.64. The van der Waals surface area contributed by atoms with Crippen LogP contribution in [-0.2, 0) is 0 Å². The number of hydrogen-bond donors (Lipinski definition) is 3. The Morgan fingerprint density at radius 2 is 2.11 bits per heavy atom. The molecule has 1 heterocycles. The lowest BCUT2D eigenvalue weighted by Crippen LogP contribution is -2.32. The van der Waals surface area contributed by atoms with Crippen molar-refractivity contribution in [3.8, 4) is 0 Å². The number of carboxylic acids is 1. The minimum atomic E-state index is -1.09. The van der Waals surface area contributed by atoms with Crippen molar-refractivity contribution >= 4 is 23.4 Å². The van der Waals surface area contributed by atoms with Crippen molar-refractivity contribution in [2.45, 2.75) is 26.7 Å². The summed E-state index contributed by atoms with van der Waals surface area (Å²) in [6.07, 6.45) is 2.96. The molecule has 0 atom stereocenters. The third-order valence-corrected chi connectivity index (χ3v) is 3.87. The van der Waals surface area contributed by atoms with E-state index in [4.69, 9.17) is 16.7 Å². The lowest BCUT2D eigenvalue weighted by molar-refractivity contribution is 0.0697. The first-order chi connectivity index (χ1) is 8.98. The van der Waals surface area contributed by atoms with Gasteiger partial charge >= 0.3 is 5.97 Å². The summed E-state index contributed by atoms with van der Waals surface area (Å²) in [5.41, 5.74) is -0.202. The first-order valence-electron chi connectivity index (χ1n) is 6.21. The molecule has 0 amide bonds. The largest absolute Gasteiger partial charge is 0.478 e. The topological polar surface area (TPSA) is 82.5 Å². The van der Waals surface area contributed by atoms with Crippen LogP contribution in [0.3, 0.4) is 0 Å². The molecule has 1 aromatic heterocycles. The van der Waals surface area contributed by atoms with E-state index in [2.05, 4.69) is 10.3 Å². The molecule has 1 rings (SSSR count). The SMILES string of the molecule is CCC(CC)(CO)CNc1cc(C(=O)O)c(Cl)cn1. The van der Waals surface area contributed by atoms with Gasteiger partial charge in [0.05, 0.1) is 17.2 Å². The Balaban J connectivity index is 2.83. The molecule has 0 aliphatic rings. The van der Waals surface area contributed by atoms with Gasteiger partial charge in [-0.15, -0.1) is 0 Å². The van der Waals surface area contributed by atoms with E-state index >= 15 is 0 Å². The standard InChI is InChI=1S/C13H19ClN2O3/c1-3-13(4-2,8-17)7-16-11-5-9(12(18)19)10(14)6-15-11/h5-6,17H,3-4,7-8H2,1-2H3,(H,15,16)(H,18,19). The molecular formula is C13H19ClN2O3. The first-order valence-corrected chi connectivity index (χ1v) is 6.59. The molecule has 6 heteroatoms. The van der Waals surface area contributed by atoms with Gasteiger partial charge in [0, 0.05) is 18.2 Å². The number of aliphatic hydroxyl groups is 1. The number of nitrogens with one attached hydrogen (secondary N) is 1. The van der Waals surface area contributed by atoms with Crippen LogP contribution in [0, 0.1) is 5.41 Å². The molecule has 0 aromatic carbocycles. The normalized spacial score (nSPS) is 11.4. The summed E-state index contributed by atoms with van der Waals surface area (Å²) in [6.45, 7) is 4.63. The van der Waals surface area contributed by atoms with Gasteiger partial charge in [0.2, 0.25) is 0 Å². The first kappa shape index (κ1) is 15.7. The van der Waals surface area contributed by atoms with Gasteiger partial charge in [-0.1, -0.05) is 25.4 Å². The number of aromatic nitrogens is 1. The number of aliphatic hydroxyl groups excluding tert-OH is 1. The number of pyridine rings is 1. The summed E-state index contributed by atoms with van der Waals surface area (Å²) in [7, 11) is 0. The van der Waals surface area contributed by atoms with Gasteiger partial charge in [-0.2, -0.15) is 0 Å². The maximum absolute atomic E-state index is 11.0. The van der Waals surface area contributed by atoms with Crippen LogP contribution in [-0.4, -0.2) is 34.3 Å². The third kappa shape index (κ3) is 3.81. The van der Waals surface area contributed by atoms with Crippen LogP contribution in [0.5, 0.6) is 0 Å². The van der Waals surface area contributed by atoms with E-state index in [1.54, 1.807) is 0 Å².